The highest BCUT2D eigenvalue weighted by molar-refractivity contribution is 7.85. The fourth-order valence-corrected chi connectivity index (χ4v) is 2.37. The third-order valence-electron chi connectivity index (χ3n) is 2.79. The molecule has 0 saturated heterocycles. The van der Waals surface area contributed by atoms with Crippen molar-refractivity contribution in [2.24, 2.45) is 0 Å². The number of hydrogen-bond donors (Lipinski definition) is 1. The third kappa shape index (κ3) is 4.17. The summed E-state index contributed by atoms with van der Waals surface area (Å²) in [5, 5.41) is 8.76. The van der Waals surface area contributed by atoms with Gasteiger partial charge in [-0.2, -0.15) is 0 Å². The Morgan fingerprint density at radius 1 is 1.26 bits per heavy atom. The van der Waals surface area contributed by atoms with Gasteiger partial charge in [0, 0.05) is 18.0 Å². The van der Waals surface area contributed by atoms with E-state index >= 15 is 0 Å². The molecule has 0 spiro atoms. The molecule has 1 aromatic rings. The molecule has 0 radical (unpaired) electrons. The van der Waals surface area contributed by atoms with Crippen LogP contribution in [0, 0.1) is 0 Å². The Morgan fingerprint density at radius 3 is 2.21 bits per heavy atom. The van der Waals surface area contributed by atoms with Crippen LogP contribution >= 0.6 is 0 Å². The molecule has 1 atom stereocenters. The Bertz CT molecular complexity index is 496. The van der Waals surface area contributed by atoms with Crippen molar-refractivity contribution in [2.75, 3.05) is 12.8 Å². The second-order valence-corrected chi connectivity index (χ2v) is 5.87. The van der Waals surface area contributed by atoms with E-state index in [1.165, 1.54) is 29.2 Å². The van der Waals surface area contributed by atoms with E-state index < -0.39 is 16.8 Å². The zero-order valence-corrected chi connectivity index (χ0v) is 11.9. The Kier molecular flexibility index (Phi) is 5.23. The topological polar surface area (TPSA) is 74.7 Å². The Labute approximate surface area is 114 Å². The number of nitrogens with zero attached hydrogens (tertiary/aromatic N) is 1. The lowest BCUT2D eigenvalue weighted by molar-refractivity contribution is -0.128. The molecule has 0 aliphatic carbocycles. The Morgan fingerprint density at radius 2 is 1.79 bits per heavy atom. The predicted octanol–water partition coefficient (Wildman–Crippen LogP) is 1.36. The van der Waals surface area contributed by atoms with Crippen LogP contribution < -0.4 is 0 Å². The largest absolute Gasteiger partial charge is 0.478 e. The molecule has 0 fully saturated rings. The lowest BCUT2D eigenvalue weighted by atomic mass is 10.2. The van der Waals surface area contributed by atoms with Gasteiger partial charge in [0.2, 0.25) is 5.91 Å². The molecule has 6 heteroatoms. The maximum absolute atomic E-state index is 12.0. The van der Waals surface area contributed by atoms with Gasteiger partial charge in [0.15, 0.2) is 0 Å². The molecular formula is C13H17NO4S. The van der Waals surface area contributed by atoms with Crippen LogP contribution in [0.4, 0.5) is 0 Å². The highest BCUT2D eigenvalue weighted by atomic mass is 32.2. The third-order valence-corrected chi connectivity index (χ3v) is 4.09. The number of benzene rings is 1. The quantitative estimate of drug-likeness (QED) is 0.885. The van der Waals surface area contributed by atoms with E-state index in [4.69, 9.17) is 5.11 Å². The van der Waals surface area contributed by atoms with Gasteiger partial charge >= 0.3 is 5.97 Å². The molecule has 0 aromatic heterocycles. The fraction of sp³-hybridized carbons (Fsp3) is 0.385. The molecule has 0 saturated carbocycles. The summed E-state index contributed by atoms with van der Waals surface area (Å²) in [7, 11) is 0.208. The van der Waals surface area contributed by atoms with Gasteiger partial charge in [0.1, 0.15) is 5.75 Å². The van der Waals surface area contributed by atoms with Gasteiger partial charge in [-0.05, 0) is 38.1 Å². The van der Waals surface area contributed by atoms with E-state index in [2.05, 4.69) is 0 Å². The molecular weight excluding hydrogens is 266 g/mol. The smallest absolute Gasteiger partial charge is 0.335 e. The van der Waals surface area contributed by atoms with Gasteiger partial charge in [0.05, 0.1) is 16.4 Å². The highest BCUT2D eigenvalue weighted by Gasteiger charge is 2.16. The van der Waals surface area contributed by atoms with Gasteiger partial charge in [0.25, 0.3) is 0 Å². The number of carboxylic acid groups (broad SMARTS) is 1. The number of rotatable bonds is 5. The number of amides is 1. The average Bonchev–Trinajstić information content (AvgIpc) is 2.37. The van der Waals surface area contributed by atoms with Crippen LogP contribution in [0.3, 0.4) is 0 Å². The highest BCUT2D eigenvalue weighted by Crippen LogP contribution is 2.10. The fourth-order valence-electron chi connectivity index (χ4n) is 1.33. The lowest BCUT2D eigenvalue weighted by Gasteiger charge is -2.21. The van der Waals surface area contributed by atoms with Crippen molar-refractivity contribution in [1.82, 2.24) is 4.90 Å². The van der Waals surface area contributed by atoms with Crippen molar-refractivity contribution in [3.8, 4) is 0 Å². The van der Waals surface area contributed by atoms with Crippen molar-refractivity contribution in [3.05, 3.63) is 29.8 Å². The Hall–Kier alpha value is -1.69. The van der Waals surface area contributed by atoms with Crippen LogP contribution in [-0.2, 0) is 15.6 Å². The molecule has 0 aliphatic heterocycles. The minimum Gasteiger partial charge on any atom is -0.478 e. The van der Waals surface area contributed by atoms with Crippen molar-refractivity contribution in [2.45, 2.75) is 24.8 Å². The number of carbonyl (C=O) groups is 2. The number of aromatic carboxylic acids is 1. The first kappa shape index (κ1) is 15.4. The summed E-state index contributed by atoms with van der Waals surface area (Å²) >= 11 is 0. The molecule has 0 aliphatic rings. The van der Waals surface area contributed by atoms with E-state index in [0.29, 0.717) is 4.90 Å². The molecule has 104 valence electrons. The second kappa shape index (κ2) is 6.47. The first-order valence-electron chi connectivity index (χ1n) is 5.80. The Balaban J connectivity index is 2.73. The van der Waals surface area contributed by atoms with E-state index in [0.717, 1.165) is 0 Å². The zero-order valence-electron chi connectivity index (χ0n) is 11.1. The molecule has 0 heterocycles. The van der Waals surface area contributed by atoms with E-state index in [-0.39, 0.29) is 23.3 Å². The first-order chi connectivity index (χ1) is 8.82. The summed E-state index contributed by atoms with van der Waals surface area (Å²) < 4.78 is 12.0. The van der Waals surface area contributed by atoms with Crippen molar-refractivity contribution in [3.63, 3.8) is 0 Å². The number of carboxylic acids is 1. The zero-order chi connectivity index (χ0) is 14.6. The summed E-state index contributed by atoms with van der Waals surface area (Å²) in [5.41, 5.74) is 0.131. The summed E-state index contributed by atoms with van der Waals surface area (Å²) in [6.07, 6.45) is 0. The van der Waals surface area contributed by atoms with E-state index in [1.54, 1.807) is 7.05 Å². The maximum atomic E-state index is 12.0. The van der Waals surface area contributed by atoms with Crippen LogP contribution in [-0.4, -0.2) is 44.9 Å². The van der Waals surface area contributed by atoms with Gasteiger partial charge < -0.3 is 10.0 Å². The monoisotopic (exact) mass is 283 g/mol. The summed E-state index contributed by atoms with van der Waals surface area (Å²) in [6, 6.07) is 5.77. The summed E-state index contributed by atoms with van der Waals surface area (Å²) in [4.78, 5) is 24.5. The van der Waals surface area contributed by atoms with E-state index in [9.17, 15) is 13.8 Å². The standard InChI is InChI=1S/C13H17NO4S/c1-9(2)14(3)12(15)8-19(18)11-6-4-10(5-7-11)13(16)17/h4-7,9H,8H2,1-3H3,(H,16,17). The first-order valence-corrected chi connectivity index (χ1v) is 7.12. The molecule has 1 aromatic carbocycles. The van der Waals surface area contributed by atoms with Crippen LogP contribution in [0.5, 0.6) is 0 Å². The van der Waals surface area contributed by atoms with Crippen LogP contribution in [0.2, 0.25) is 0 Å². The van der Waals surface area contributed by atoms with Crippen LogP contribution in [0.1, 0.15) is 24.2 Å². The molecule has 1 rings (SSSR count). The van der Waals surface area contributed by atoms with Gasteiger partial charge in [-0.1, -0.05) is 0 Å². The van der Waals surface area contributed by atoms with Crippen molar-refractivity contribution in [1.29, 1.82) is 0 Å². The number of carbonyl (C=O) groups excluding carboxylic acids is 1. The lowest BCUT2D eigenvalue weighted by Crippen LogP contribution is -2.36. The van der Waals surface area contributed by atoms with Crippen molar-refractivity contribution >= 4 is 22.7 Å². The molecule has 1 amide bonds. The molecule has 5 nitrogen and oxygen atoms in total. The number of hydrogen-bond acceptors (Lipinski definition) is 3. The van der Waals surface area contributed by atoms with E-state index in [1.807, 2.05) is 13.8 Å². The van der Waals surface area contributed by atoms with Gasteiger partial charge in [-0.25, -0.2) is 4.79 Å². The second-order valence-electron chi connectivity index (χ2n) is 4.42. The molecule has 0 bridgehead atoms. The van der Waals surface area contributed by atoms with Gasteiger partial charge in [-0.15, -0.1) is 0 Å². The van der Waals surface area contributed by atoms with Crippen LogP contribution in [0.25, 0.3) is 0 Å². The average molecular weight is 283 g/mol. The maximum Gasteiger partial charge on any atom is 0.335 e. The summed E-state index contributed by atoms with van der Waals surface area (Å²) in [5.74, 6) is -1.33. The SMILES string of the molecule is CC(C)N(C)C(=O)CS(=O)c1ccc(C(=O)O)cc1. The van der Waals surface area contributed by atoms with Crippen molar-refractivity contribution < 1.29 is 18.9 Å². The minimum absolute atomic E-state index is 0.0545. The van der Waals surface area contributed by atoms with Crippen LogP contribution in [0.15, 0.2) is 29.2 Å². The molecule has 1 unspecified atom stereocenters. The summed E-state index contributed by atoms with van der Waals surface area (Å²) in [6.45, 7) is 3.75. The predicted molar refractivity (Wildman–Crippen MR) is 72.6 cm³/mol. The van der Waals surface area contributed by atoms with Gasteiger partial charge in [-0.3, -0.25) is 9.00 Å². The normalized spacial score (nSPS) is 12.2. The molecule has 1 N–H and O–H groups in total. The minimum atomic E-state index is -1.46. The molecule has 19 heavy (non-hydrogen) atoms.